The highest BCUT2D eigenvalue weighted by Crippen LogP contribution is 2.28. The number of nitrogens with zero attached hydrogens (tertiary/aromatic N) is 1. The molecule has 0 saturated heterocycles. The topological polar surface area (TPSA) is 46.6 Å². The van der Waals surface area contributed by atoms with Crippen molar-refractivity contribution in [3.63, 3.8) is 0 Å². The summed E-state index contributed by atoms with van der Waals surface area (Å²) in [5.41, 5.74) is 2.40. The first-order chi connectivity index (χ1) is 11.1. The third-order valence-corrected chi connectivity index (χ3v) is 4.12. The molecule has 0 saturated carbocycles. The minimum Gasteiger partial charge on any atom is -0.449 e. The Labute approximate surface area is 139 Å². The molecule has 0 aromatic heterocycles. The number of para-hydroxylation sites is 1. The van der Waals surface area contributed by atoms with E-state index in [2.05, 4.69) is 0 Å². The average molecular weight is 330 g/mol. The Morgan fingerprint density at radius 1 is 1.13 bits per heavy atom. The molecule has 118 valence electrons. The zero-order chi connectivity index (χ0) is 16.4. The van der Waals surface area contributed by atoms with Crippen molar-refractivity contribution in [1.82, 2.24) is 0 Å². The van der Waals surface area contributed by atoms with Gasteiger partial charge in [0.25, 0.3) is 5.91 Å². The van der Waals surface area contributed by atoms with Crippen LogP contribution in [0.3, 0.4) is 0 Å². The third kappa shape index (κ3) is 3.22. The van der Waals surface area contributed by atoms with Crippen LogP contribution in [0.25, 0.3) is 0 Å². The fourth-order valence-electron chi connectivity index (χ4n) is 2.65. The number of halogens is 1. The summed E-state index contributed by atoms with van der Waals surface area (Å²) in [6.07, 6.45) is -0.0240. The summed E-state index contributed by atoms with van der Waals surface area (Å²) >= 11 is 5.79. The normalized spacial score (nSPS) is 14.3. The molecule has 2 aromatic rings. The van der Waals surface area contributed by atoms with Gasteiger partial charge >= 0.3 is 5.97 Å². The van der Waals surface area contributed by atoms with Crippen molar-refractivity contribution in [2.75, 3.05) is 11.4 Å². The number of fused-ring (bicyclic) bond motifs is 1. The van der Waals surface area contributed by atoms with Gasteiger partial charge in [0, 0.05) is 17.3 Å². The molecule has 1 heterocycles. The lowest BCUT2D eigenvalue weighted by molar-refractivity contribution is -0.126. The number of carbonyl (C=O) groups excluding carboxylic acids is 2. The number of esters is 1. The summed E-state index contributed by atoms with van der Waals surface area (Å²) in [5, 5.41) is 0.541. The van der Waals surface area contributed by atoms with Crippen LogP contribution in [0.2, 0.25) is 5.02 Å². The highest BCUT2D eigenvalue weighted by molar-refractivity contribution is 6.30. The Morgan fingerprint density at radius 3 is 2.57 bits per heavy atom. The molecule has 0 fully saturated rings. The molecular formula is C18H16ClNO3. The van der Waals surface area contributed by atoms with Crippen molar-refractivity contribution in [2.24, 2.45) is 0 Å². The Hall–Kier alpha value is -2.33. The van der Waals surface area contributed by atoms with E-state index in [-0.39, 0.29) is 5.91 Å². The maximum absolute atomic E-state index is 12.6. The lowest BCUT2D eigenvalue weighted by Crippen LogP contribution is -2.39. The van der Waals surface area contributed by atoms with Gasteiger partial charge in [-0.05, 0) is 49.2 Å². The zero-order valence-corrected chi connectivity index (χ0v) is 13.4. The van der Waals surface area contributed by atoms with Gasteiger partial charge in [0.15, 0.2) is 6.10 Å². The minimum atomic E-state index is -0.843. The minimum absolute atomic E-state index is 0.211. The quantitative estimate of drug-likeness (QED) is 0.810. The van der Waals surface area contributed by atoms with Crippen LogP contribution in [0.4, 0.5) is 5.69 Å². The van der Waals surface area contributed by atoms with Gasteiger partial charge in [-0.1, -0.05) is 29.8 Å². The van der Waals surface area contributed by atoms with Crippen molar-refractivity contribution in [1.29, 1.82) is 0 Å². The Balaban J connectivity index is 1.69. The van der Waals surface area contributed by atoms with Crippen LogP contribution in [0.1, 0.15) is 22.8 Å². The van der Waals surface area contributed by atoms with E-state index in [9.17, 15) is 9.59 Å². The fourth-order valence-corrected chi connectivity index (χ4v) is 2.78. The highest BCUT2D eigenvalue weighted by Gasteiger charge is 2.29. The summed E-state index contributed by atoms with van der Waals surface area (Å²) in [4.78, 5) is 26.3. The van der Waals surface area contributed by atoms with Crippen molar-refractivity contribution in [2.45, 2.75) is 19.4 Å². The van der Waals surface area contributed by atoms with Crippen molar-refractivity contribution in [3.8, 4) is 0 Å². The predicted molar refractivity (Wildman–Crippen MR) is 88.8 cm³/mol. The van der Waals surface area contributed by atoms with E-state index in [1.807, 2.05) is 24.3 Å². The van der Waals surface area contributed by atoms with Gasteiger partial charge in [-0.15, -0.1) is 0 Å². The first-order valence-electron chi connectivity index (χ1n) is 7.42. The van der Waals surface area contributed by atoms with E-state index in [1.165, 1.54) is 0 Å². The molecule has 1 atom stereocenters. The lowest BCUT2D eigenvalue weighted by atomic mass is 10.2. The summed E-state index contributed by atoms with van der Waals surface area (Å²) in [6, 6.07) is 14.1. The number of hydrogen-bond donors (Lipinski definition) is 0. The molecule has 5 heteroatoms. The number of rotatable bonds is 3. The van der Waals surface area contributed by atoms with E-state index in [0.717, 1.165) is 17.7 Å². The summed E-state index contributed by atoms with van der Waals surface area (Å²) < 4.78 is 5.29. The molecule has 1 aliphatic heterocycles. The summed E-state index contributed by atoms with van der Waals surface area (Å²) in [7, 11) is 0. The zero-order valence-electron chi connectivity index (χ0n) is 12.7. The van der Waals surface area contributed by atoms with E-state index < -0.39 is 12.1 Å². The highest BCUT2D eigenvalue weighted by atomic mass is 35.5. The number of hydrogen-bond acceptors (Lipinski definition) is 3. The number of ether oxygens (including phenoxy) is 1. The Bertz CT molecular complexity index is 742. The molecule has 23 heavy (non-hydrogen) atoms. The number of carbonyl (C=O) groups is 2. The van der Waals surface area contributed by atoms with E-state index in [4.69, 9.17) is 16.3 Å². The van der Waals surface area contributed by atoms with Gasteiger partial charge in [0.05, 0.1) is 5.56 Å². The van der Waals surface area contributed by atoms with Crippen LogP contribution in [0, 0.1) is 0 Å². The van der Waals surface area contributed by atoms with E-state index in [0.29, 0.717) is 17.1 Å². The van der Waals surface area contributed by atoms with Gasteiger partial charge in [-0.25, -0.2) is 4.79 Å². The Morgan fingerprint density at radius 2 is 1.83 bits per heavy atom. The maximum Gasteiger partial charge on any atom is 0.338 e. The van der Waals surface area contributed by atoms with Crippen molar-refractivity contribution in [3.05, 3.63) is 64.7 Å². The first-order valence-corrected chi connectivity index (χ1v) is 7.80. The van der Waals surface area contributed by atoms with Crippen molar-refractivity contribution >= 4 is 29.2 Å². The van der Waals surface area contributed by atoms with Gasteiger partial charge < -0.3 is 9.64 Å². The van der Waals surface area contributed by atoms with E-state index in [1.54, 1.807) is 36.1 Å². The smallest absolute Gasteiger partial charge is 0.338 e. The molecule has 0 aliphatic carbocycles. The van der Waals surface area contributed by atoms with Crippen LogP contribution in [-0.2, 0) is 16.0 Å². The lowest BCUT2D eigenvalue weighted by Gasteiger charge is -2.21. The summed E-state index contributed by atoms with van der Waals surface area (Å²) in [6.45, 7) is 2.21. The van der Waals surface area contributed by atoms with E-state index >= 15 is 0 Å². The monoisotopic (exact) mass is 329 g/mol. The molecule has 0 radical (unpaired) electrons. The SMILES string of the molecule is C[C@H](OC(=O)c1ccc(Cl)cc1)C(=O)N1CCc2ccccc21. The first kappa shape index (κ1) is 15.6. The van der Waals surface area contributed by atoms with Crippen LogP contribution in [-0.4, -0.2) is 24.5 Å². The number of benzene rings is 2. The molecule has 0 unspecified atom stereocenters. The largest absolute Gasteiger partial charge is 0.449 e. The average Bonchev–Trinajstić information content (AvgIpc) is 2.98. The Kier molecular flexibility index (Phi) is 4.35. The molecule has 2 aromatic carbocycles. The molecular weight excluding hydrogens is 314 g/mol. The van der Waals surface area contributed by atoms with Crippen LogP contribution in [0.15, 0.2) is 48.5 Å². The molecule has 0 spiro atoms. The predicted octanol–water partition coefficient (Wildman–Crippen LogP) is 3.47. The fraction of sp³-hybridized carbons (Fsp3) is 0.222. The molecule has 0 bridgehead atoms. The van der Waals surface area contributed by atoms with Gasteiger partial charge in [0.1, 0.15) is 0 Å². The van der Waals surface area contributed by atoms with Crippen LogP contribution in [0.5, 0.6) is 0 Å². The molecule has 4 nitrogen and oxygen atoms in total. The van der Waals surface area contributed by atoms with Crippen molar-refractivity contribution < 1.29 is 14.3 Å². The molecule has 3 rings (SSSR count). The molecule has 1 aliphatic rings. The standard InChI is InChI=1S/C18H16ClNO3/c1-12(23-18(22)14-6-8-15(19)9-7-14)17(21)20-11-10-13-4-2-3-5-16(13)20/h2-9,12H,10-11H2,1H3/t12-/m0/s1. The van der Waals surface area contributed by atoms with Gasteiger partial charge in [-0.2, -0.15) is 0 Å². The number of amides is 1. The molecule has 1 amide bonds. The molecule has 0 N–H and O–H groups in total. The van der Waals surface area contributed by atoms with Gasteiger partial charge in [-0.3, -0.25) is 4.79 Å². The second kappa shape index (κ2) is 6.42. The van der Waals surface area contributed by atoms with Crippen LogP contribution < -0.4 is 4.90 Å². The van der Waals surface area contributed by atoms with Gasteiger partial charge in [0.2, 0.25) is 0 Å². The van der Waals surface area contributed by atoms with Crippen LogP contribution >= 0.6 is 11.6 Å². The second-order valence-corrected chi connectivity index (χ2v) is 5.86. The third-order valence-electron chi connectivity index (χ3n) is 3.86. The maximum atomic E-state index is 12.6. The second-order valence-electron chi connectivity index (χ2n) is 5.42. The number of anilines is 1. The summed E-state index contributed by atoms with van der Waals surface area (Å²) in [5.74, 6) is -0.743.